The Balaban J connectivity index is 1.52. The zero-order valence-electron chi connectivity index (χ0n) is 16.4. The highest BCUT2D eigenvalue weighted by Crippen LogP contribution is 2.62. The van der Waals surface area contributed by atoms with Crippen LogP contribution in [-0.4, -0.2) is 23.2 Å². The Kier molecular flexibility index (Phi) is 4.46. The van der Waals surface area contributed by atoms with Gasteiger partial charge in [0.25, 0.3) is 0 Å². The lowest BCUT2D eigenvalue weighted by molar-refractivity contribution is 0.0614. The molecule has 2 fully saturated rings. The number of rotatable bonds is 2. The maximum atomic E-state index is 13.3. The molecule has 0 bridgehead atoms. The Morgan fingerprint density at radius 3 is 2.83 bits per heavy atom. The Bertz CT molecular complexity index is 976. The van der Waals surface area contributed by atoms with Gasteiger partial charge < -0.3 is 10.1 Å². The first-order valence-corrected chi connectivity index (χ1v) is 11.1. The van der Waals surface area contributed by atoms with Gasteiger partial charge in [-0.05, 0) is 61.4 Å². The fourth-order valence-corrected chi connectivity index (χ4v) is 6.05. The molecule has 2 aliphatic heterocycles. The van der Waals surface area contributed by atoms with Crippen molar-refractivity contribution in [2.45, 2.75) is 49.8 Å². The van der Waals surface area contributed by atoms with Gasteiger partial charge in [-0.1, -0.05) is 58.4 Å². The van der Waals surface area contributed by atoms with Crippen LogP contribution in [0.4, 0.5) is 10.5 Å². The molecule has 2 heterocycles. The summed E-state index contributed by atoms with van der Waals surface area (Å²) in [6.07, 6.45) is 4.71. The average Bonchev–Trinajstić information content (AvgIpc) is 3.15. The number of halogens is 1. The van der Waals surface area contributed by atoms with Crippen LogP contribution in [0.5, 0.6) is 0 Å². The summed E-state index contributed by atoms with van der Waals surface area (Å²) in [5, 5.41) is 3.77. The second-order valence-electron chi connectivity index (χ2n) is 8.33. The third-order valence-corrected chi connectivity index (χ3v) is 7.45. The lowest BCUT2D eigenvalue weighted by atomic mass is 9.67. The molecular weight excluding hydrogens is 428 g/mol. The summed E-state index contributed by atoms with van der Waals surface area (Å²) in [7, 11) is 0. The molecule has 4 nitrogen and oxygen atoms in total. The summed E-state index contributed by atoms with van der Waals surface area (Å²) in [5.74, 6) is 0. The standard InChI is InChI=1S/C24H25BrN2O2/c1-17-7-5-6-12-24-23(17,20-15-19(25)10-11-21(20)26-24)13-14-27(24)22(28)29-16-18-8-3-2-4-9-18/h2-4,8-11,15,26H,1,5-7,12-14,16H2/t23-,24+/m0/s1. The second kappa shape index (κ2) is 6.91. The summed E-state index contributed by atoms with van der Waals surface area (Å²) >= 11 is 3.64. The second-order valence-corrected chi connectivity index (χ2v) is 9.25. The molecule has 1 amide bonds. The molecule has 1 N–H and O–H groups in total. The van der Waals surface area contributed by atoms with E-state index in [1.165, 1.54) is 11.1 Å². The van der Waals surface area contributed by atoms with Crippen molar-refractivity contribution in [3.63, 3.8) is 0 Å². The van der Waals surface area contributed by atoms with E-state index < -0.39 is 5.66 Å². The molecule has 0 unspecified atom stereocenters. The molecule has 3 aliphatic rings. The predicted octanol–water partition coefficient (Wildman–Crippen LogP) is 5.98. The van der Waals surface area contributed by atoms with Gasteiger partial charge in [0.1, 0.15) is 12.3 Å². The minimum Gasteiger partial charge on any atom is -0.444 e. The average molecular weight is 453 g/mol. The van der Waals surface area contributed by atoms with Gasteiger partial charge >= 0.3 is 6.09 Å². The third kappa shape index (κ3) is 2.67. The largest absolute Gasteiger partial charge is 0.444 e. The monoisotopic (exact) mass is 452 g/mol. The first-order chi connectivity index (χ1) is 14.1. The lowest BCUT2D eigenvalue weighted by Gasteiger charge is -2.45. The molecule has 29 heavy (non-hydrogen) atoms. The number of hydrogen-bond donors (Lipinski definition) is 1. The minimum atomic E-state index is -0.489. The molecule has 2 aromatic rings. The van der Waals surface area contributed by atoms with Gasteiger partial charge in [-0.2, -0.15) is 0 Å². The molecule has 2 atom stereocenters. The Labute approximate surface area is 180 Å². The van der Waals surface area contributed by atoms with Gasteiger partial charge in [0.05, 0.1) is 5.41 Å². The van der Waals surface area contributed by atoms with Crippen LogP contribution >= 0.6 is 15.9 Å². The Morgan fingerprint density at radius 1 is 1.17 bits per heavy atom. The smallest absolute Gasteiger partial charge is 0.412 e. The molecule has 150 valence electrons. The number of carbonyl (C=O) groups is 1. The SMILES string of the molecule is C=C1CCCC[C@]23Nc4ccc(Br)cc4[C@]12CCN3C(=O)OCc1ccccc1. The molecule has 5 rings (SSSR count). The van der Waals surface area contributed by atoms with E-state index in [4.69, 9.17) is 4.74 Å². The van der Waals surface area contributed by atoms with Crippen molar-refractivity contribution < 1.29 is 9.53 Å². The van der Waals surface area contributed by atoms with Crippen molar-refractivity contribution in [3.05, 3.63) is 76.3 Å². The number of carbonyl (C=O) groups excluding carboxylic acids is 1. The van der Waals surface area contributed by atoms with Gasteiger partial charge in [-0.25, -0.2) is 4.79 Å². The van der Waals surface area contributed by atoms with Crippen LogP contribution < -0.4 is 5.32 Å². The van der Waals surface area contributed by atoms with E-state index in [9.17, 15) is 4.79 Å². The number of fused-ring (bicyclic) bond motifs is 1. The fraction of sp³-hybridized carbons (Fsp3) is 0.375. The van der Waals surface area contributed by atoms with Crippen LogP contribution in [0.2, 0.25) is 0 Å². The van der Waals surface area contributed by atoms with E-state index in [0.29, 0.717) is 13.2 Å². The normalized spacial score (nSPS) is 27.5. The molecule has 5 heteroatoms. The van der Waals surface area contributed by atoms with E-state index in [0.717, 1.165) is 47.8 Å². The van der Waals surface area contributed by atoms with Crippen molar-refractivity contribution in [3.8, 4) is 0 Å². The number of likely N-dealkylation sites (tertiary alicyclic amines) is 1. The van der Waals surface area contributed by atoms with Crippen LogP contribution in [0.25, 0.3) is 0 Å². The zero-order chi connectivity index (χ0) is 20.1. The number of nitrogens with one attached hydrogen (secondary N) is 1. The number of benzene rings is 2. The molecule has 0 radical (unpaired) electrons. The van der Waals surface area contributed by atoms with Crippen molar-refractivity contribution in [1.29, 1.82) is 0 Å². The lowest BCUT2D eigenvalue weighted by Crippen LogP contribution is -2.59. The number of nitrogens with zero attached hydrogens (tertiary/aromatic N) is 1. The summed E-state index contributed by atoms with van der Waals surface area (Å²) < 4.78 is 6.83. The highest BCUT2D eigenvalue weighted by molar-refractivity contribution is 9.10. The number of ether oxygens (including phenoxy) is 1. The number of amides is 1. The molecule has 1 aliphatic carbocycles. The first kappa shape index (κ1) is 18.7. The summed E-state index contributed by atoms with van der Waals surface area (Å²) in [6.45, 7) is 5.49. The van der Waals surface area contributed by atoms with E-state index in [1.54, 1.807) is 0 Å². The van der Waals surface area contributed by atoms with E-state index in [-0.39, 0.29) is 11.5 Å². The Hall–Kier alpha value is -2.27. The van der Waals surface area contributed by atoms with Crippen LogP contribution in [0.1, 0.15) is 43.2 Å². The van der Waals surface area contributed by atoms with E-state index >= 15 is 0 Å². The topological polar surface area (TPSA) is 41.6 Å². The molecule has 1 saturated heterocycles. The van der Waals surface area contributed by atoms with Crippen LogP contribution in [-0.2, 0) is 16.8 Å². The van der Waals surface area contributed by atoms with Gasteiger partial charge in [0, 0.05) is 16.7 Å². The third-order valence-electron chi connectivity index (χ3n) is 6.96. The summed E-state index contributed by atoms with van der Waals surface area (Å²) in [4.78, 5) is 15.2. The number of anilines is 1. The maximum Gasteiger partial charge on any atom is 0.412 e. The highest BCUT2D eigenvalue weighted by atomic mass is 79.9. The summed E-state index contributed by atoms with van der Waals surface area (Å²) in [6, 6.07) is 16.2. The molecule has 1 saturated carbocycles. The Morgan fingerprint density at radius 2 is 2.00 bits per heavy atom. The van der Waals surface area contributed by atoms with E-state index in [2.05, 4.69) is 46.0 Å². The number of hydrogen-bond acceptors (Lipinski definition) is 3. The molecule has 2 aromatic carbocycles. The minimum absolute atomic E-state index is 0.246. The molecule has 0 aromatic heterocycles. The molecular formula is C24H25BrN2O2. The maximum absolute atomic E-state index is 13.3. The van der Waals surface area contributed by atoms with Gasteiger partial charge in [-0.15, -0.1) is 0 Å². The van der Waals surface area contributed by atoms with Gasteiger partial charge in [0.2, 0.25) is 0 Å². The zero-order valence-corrected chi connectivity index (χ0v) is 18.0. The van der Waals surface area contributed by atoms with Crippen molar-refractivity contribution >= 4 is 27.7 Å². The quantitative estimate of drug-likeness (QED) is 0.569. The van der Waals surface area contributed by atoms with Crippen molar-refractivity contribution in [1.82, 2.24) is 4.90 Å². The molecule has 0 spiro atoms. The van der Waals surface area contributed by atoms with E-state index in [1.807, 2.05) is 35.2 Å². The predicted molar refractivity (Wildman–Crippen MR) is 118 cm³/mol. The highest BCUT2D eigenvalue weighted by Gasteiger charge is 2.67. The summed E-state index contributed by atoms with van der Waals surface area (Å²) in [5.41, 5.74) is 3.86. The van der Waals surface area contributed by atoms with Crippen LogP contribution in [0.15, 0.2) is 65.2 Å². The van der Waals surface area contributed by atoms with Crippen molar-refractivity contribution in [2.24, 2.45) is 0 Å². The first-order valence-electron chi connectivity index (χ1n) is 10.3. The van der Waals surface area contributed by atoms with Crippen LogP contribution in [0, 0.1) is 0 Å². The van der Waals surface area contributed by atoms with Crippen LogP contribution in [0.3, 0.4) is 0 Å². The van der Waals surface area contributed by atoms with Crippen molar-refractivity contribution in [2.75, 3.05) is 11.9 Å². The fourth-order valence-electron chi connectivity index (χ4n) is 5.69. The van der Waals surface area contributed by atoms with Gasteiger partial charge in [0.15, 0.2) is 0 Å². The van der Waals surface area contributed by atoms with Gasteiger partial charge in [-0.3, -0.25) is 4.90 Å².